The third kappa shape index (κ3) is 3.02. The smallest absolute Gasteiger partial charge is 0.201 e. The van der Waals surface area contributed by atoms with Gasteiger partial charge in [0, 0.05) is 28.4 Å². The molecule has 0 aromatic carbocycles. The van der Waals surface area contributed by atoms with Crippen LogP contribution in [-0.4, -0.2) is 47.2 Å². The van der Waals surface area contributed by atoms with Crippen molar-refractivity contribution in [1.82, 2.24) is 0 Å². The molecule has 0 spiro atoms. The average molecular weight is 182 g/mol. The normalized spacial score (nSPS) is 12.0. The predicted molar refractivity (Wildman–Crippen MR) is 40.5 cm³/mol. The summed E-state index contributed by atoms with van der Waals surface area (Å²) in [6, 6.07) is 0. The van der Waals surface area contributed by atoms with Crippen molar-refractivity contribution >= 4 is 0 Å². The SMILES string of the molecule is COC(OC)C(F)C(OC)OC. The highest BCUT2D eigenvalue weighted by Crippen LogP contribution is 2.11. The van der Waals surface area contributed by atoms with E-state index in [0.717, 1.165) is 0 Å². The van der Waals surface area contributed by atoms with Crippen molar-refractivity contribution < 1.29 is 23.3 Å². The summed E-state index contributed by atoms with van der Waals surface area (Å²) < 4.78 is 32.0. The molecule has 12 heavy (non-hydrogen) atoms. The molecule has 0 aliphatic heterocycles. The largest absolute Gasteiger partial charge is 0.353 e. The number of alkyl halides is 1. The summed E-state index contributed by atoms with van der Waals surface area (Å²) in [5.41, 5.74) is 0. The Morgan fingerprint density at radius 2 is 1.00 bits per heavy atom. The molecule has 0 aromatic heterocycles. The molecule has 0 bridgehead atoms. The lowest BCUT2D eigenvalue weighted by atomic mass is 10.3. The second-order valence-electron chi connectivity index (χ2n) is 2.12. The monoisotopic (exact) mass is 182 g/mol. The molecule has 0 N–H and O–H groups in total. The number of hydrogen-bond donors (Lipinski definition) is 0. The van der Waals surface area contributed by atoms with Crippen LogP contribution < -0.4 is 0 Å². The van der Waals surface area contributed by atoms with Crippen LogP contribution in [0.15, 0.2) is 0 Å². The molecule has 0 fully saturated rings. The topological polar surface area (TPSA) is 36.9 Å². The minimum absolute atomic E-state index is 0.963. The summed E-state index contributed by atoms with van der Waals surface area (Å²) in [6.45, 7) is 0. The van der Waals surface area contributed by atoms with Gasteiger partial charge in [-0.2, -0.15) is 0 Å². The molecule has 0 aliphatic rings. The van der Waals surface area contributed by atoms with E-state index in [1.54, 1.807) is 0 Å². The average Bonchev–Trinajstić information content (AvgIpc) is 2.09. The van der Waals surface area contributed by atoms with Gasteiger partial charge in [-0.15, -0.1) is 0 Å². The van der Waals surface area contributed by atoms with Gasteiger partial charge in [-0.25, -0.2) is 4.39 Å². The Morgan fingerprint density at radius 3 is 1.17 bits per heavy atom. The fourth-order valence-corrected chi connectivity index (χ4v) is 0.841. The van der Waals surface area contributed by atoms with Crippen molar-refractivity contribution in [2.75, 3.05) is 28.4 Å². The molecule has 0 rings (SSSR count). The summed E-state index contributed by atoms with van der Waals surface area (Å²) in [5.74, 6) is 0. The summed E-state index contributed by atoms with van der Waals surface area (Å²) in [6.07, 6.45) is -3.39. The van der Waals surface area contributed by atoms with Gasteiger partial charge in [-0.3, -0.25) is 0 Å². The first kappa shape index (κ1) is 11.8. The highest BCUT2D eigenvalue weighted by molar-refractivity contribution is 4.64. The van der Waals surface area contributed by atoms with Crippen LogP contribution in [0.1, 0.15) is 0 Å². The number of rotatable bonds is 6. The molecule has 4 nitrogen and oxygen atoms in total. The number of ether oxygens (including phenoxy) is 4. The van der Waals surface area contributed by atoms with Gasteiger partial charge in [0.2, 0.25) is 6.17 Å². The summed E-state index contributed by atoms with van der Waals surface area (Å²) in [5, 5.41) is 0. The predicted octanol–water partition coefficient (Wildman–Crippen LogP) is 0.562. The number of methoxy groups -OCH3 is 4. The zero-order valence-corrected chi connectivity index (χ0v) is 7.74. The second kappa shape index (κ2) is 6.30. The number of hydrogen-bond acceptors (Lipinski definition) is 4. The molecule has 5 heteroatoms. The quantitative estimate of drug-likeness (QED) is 0.562. The summed E-state index contributed by atoms with van der Waals surface area (Å²) >= 11 is 0. The lowest BCUT2D eigenvalue weighted by Crippen LogP contribution is -2.38. The van der Waals surface area contributed by atoms with Crippen LogP contribution in [0.4, 0.5) is 4.39 Å². The van der Waals surface area contributed by atoms with Crippen LogP contribution in [0.25, 0.3) is 0 Å². The molecule has 0 unspecified atom stereocenters. The molecule has 0 heterocycles. The van der Waals surface area contributed by atoms with E-state index in [1.165, 1.54) is 28.4 Å². The van der Waals surface area contributed by atoms with Crippen molar-refractivity contribution in [3.05, 3.63) is 0 Å². The third-order valence-corrected chi connectivity index (χ3v) is 1.45. The Bertz CT molecular complexity index is 91.6. The van der Waals surface area contributed by atoms with Crippen LogP contribution in [0.5, 0.6) is 0 Å². The molecule has 0 saturated carbocycles. The molecular weight excluding hydrogens is 167 g/mol. The van der Waals surface area contributed by atoms with Crippen molar-refractivity contribution in [3.8, 4) is 0 Å². The molecule has 74 valence electrons. The van der Waals surface area contributed by atoms with E-state index in [0.29, 0.717) is 0 Å². The van der Waals surface area contributed by atoms with Crippen LogP contribution in [0.2, 0.25) is 0 Å². The molecule has 0 aromatic rings. The minimum Gasteiger partial charge on any atom is -0.353 e. The van der Waals surface area contributed by atoms with Gasteiger partial charge in [0.1, 0.15) is 0 Å². The van der Waals surface area contributed by atoms with Gasteiger partial charge >= 0.3 is 0 Å². The van der Waals surface area contributed by atoms with E-state index in [4.69, 9.17) is 0 Å². The fourth-order valence-electron chi connectivity index (χ4n) is 0.841. The van der Waals surface area contributed by atoms with Gasteiger partial charge in [-0.1, -0.05) is 0 Å². The number of halogens is 1. The molecule has 0 radical (unpaired) electrons. The standard InChI is InChI=1S/C7H15FO4/c1-9-6(10-2)5(8)7(11-3)12-4/h5-7H,1-4H3. The highest BCUT2D eigenvalue weighted by atomic mass is 19.1. The highest BCUT2D eigenvalue weighted by Gasteiger charge is 2.29. The van der Waals surface area contributed by atoms with E-state index in [2.05, 4.69) is 18.9 Å². The maximum atomic E-state index is 13.2. The van der Waals surface area contributed by atoms with E-state index in [9.17, 15) is 4.39 Å². The molecule has 0 saturated heterocycles. The van der Waals surface area contributed by atoms with E-state index in [-0.39, 0.29) is 0 Å². The second-order valence-corrected chi connectivity index (χ2v) is 2.12. The third-order valence-electron chi connectivity index (χ3n) is 1.45. The first-order valence-electron chi connectivity index (χ1n) is 3.46. The fraction of sp³-hybridized carbons (Fsp3) is 1.00. The Morgan fingerprint density at radius 1 is 0.750 bits per heavy atom. The Balaban J connectivity index is 4.02. The van der Waals surface area contributed by atoms with Crippen molar-refractivity contribution in [1.29, 1.82) is 0 Å². The molecule has 0 amide bonds. The van der Waals surface area contributed by atoms with Crippen molar-refractivity contribution in [2.45, 2.75) is 18.8 Å². The minimum atomic E-state index is -1.46. The van der Waals surface area contributed by atoms with Gasteiger partial charge in [0.15, 0.2) is 12.6 Å². The molecular formula is C7H15FO4. The van der Waals surface area contributed by atoms with Crippen LogP contribution in [0.3, 0.4) is 0 Å². The maximum Gasteiger partial charge on any atom is 0.201 e. The van der Waals surface area contributed by atoms with Gasteiger partial charge < -0.3 is 18.9 Å². The van der Waals surface area contributed by atoms with Crippen LogP contribution in [0, 0.1) is 0 Å². The van der Waals surface area contributed by atoms with Gasteiger partial charge in [0.05, 0.1) is 0 Å². The first-order chi connectivity index (χ1) is 5.71. The van der Waals surface area contributed by atoms with Gasteiger partial charge in [-0.05, 0) is 0 Å². The molecule has 0 aliphatic carbocycles. The Kier molecular flexibility index (Phi) is 6.18. The zero-order valence-electron chi connectivity index (χ0n) is 7.74. The maximum absolute atomic E-state index is 13.2. The van der Waals surface area contributed by atoms with E-state index < -0.39 is 18.8 Å². The van der Waals surface area contributed by atoms with Crippen molar-refractivity contribution in [2.24, 2.45) is 0 Å². The van der Waals surface area contributed by atoms with E-state index in [1.807, 2.05) is 0 Å². The van der Waals surface area contributed by atoms with Crippen molar-refractivity contribution in [3.63, 3.8) is 0 Å². The first-order valence-corrected chi connectivity index (χ1v) is 3.46. The summed E-state index contributed by atoms with van der Waals surface area (Å²) in [4.78, 5) is 0. The van der Waals surface area contributed by atoms with E-state index >= 15 is 0 Å². The van der Waals surface area contributed by atoms with Gasteiger partial charge in [0.25, 0.3) is 0 Å². The lowest BCUT2D eigenvalue weighted by Gasteiger charge is -2.23. The zero-order chi connectivity index (χ0) is 9.56. The van der Waals surface area contributed by atoms with Crippen LogP contribution >= 0.6 is 0 Å². The molecule has 0 atom stereocenters. The lowest BCUT2D eigenvalue weighted by molar-refractivity contribution is -0.225. The Labute approximate surface area is 71.5 Å². The Hall–Kier alpha value is -0.230. The summed E-state index contributed by atoms with van der Waals surface area (Å²) in [7, 11) is 5.40. The van der Waals surface area contributed by atoms with Crippen LogP contribution in [-0.2, 0) is 18.9 Å².